The van der Waals surface area contributed by atoms with Crippen LogP contribution in [0.1, 0.15) is 46.0 Å². The highest BCUT2D eigenvalue weighted by atomic mass is 16.2. The molecule has 0 aromatic carbocycles. The van der Waals surface area contributed by atoms with E-state index in [4.69, 9.17) is 0 Å². The number of rotatable bonds is 6. The summed E-state index contributed by atoms with van der Waals surface area (Å²) in [6.45, 7) is 6.46. The molecule has 1 spiro atoms. The molecule has 0 aromatic rings. The van der Waals surface area contributed by atoms with Crippen molar-refractivity contribution in [2.75, 3.05) is 33.7 Å². The molecule has 4 aliphatic rings. The highest BCUT2D eigenvalue weighted by Crippen LogP contribution is 2.61. The van der Waals surface area contributed by atoms with Crippen LogP contribution in [0.3, 0.4) is 0 Å². The maximum absolute atomic E-state index is 13.3. The first-order valence-corrected chi connectivity index (χ1v) is 10.7. The van der Waals surface area contributed by atoms with Crippen LogP contribution in [0, 0.1) is 17.3 Å². The highest BCUT2D eigenvalue weighted by Gasteiger charge is 2.69. The molecule has 1 aliphatic heterocycles. The third kappa shape index (κ3) is 3.25. The first-order chi connectivity index (χ1) is 13.2. The number of nitrogens with one attached hydrogen (secondary N) is 1. The minimum Gasteiger partial charge on any atom is -0.337 e. The van der Waals surface area contributed by atoms with Crippen LogP contribution < -0.4 is 5.32 Å². The average molecular weight is 387 g/mol. The van der Waals surface area contributed by atoms with Crippen LogP contribution >= 0.6 is 0 Å². The molecule has 1 heterocycles. The van der Waals surface area contributed by atoms with Gasteiger partial charge in [0, 0.05) is 25.6 Å². The third-order valence-corrected chi connectivity index (χ3v) is 6.75. The van der Waals surface area contributed by atoms with Gasteiger partial charge in [-0.15, -0.1) is 0 Å². The summed E-state index contributed by atoms with van der Waals surface area (Å²) in [5.74, 6) is 0.939. The molecule has 0 aromatic heterocycles. The average Bonchev–Trinajstić information content (AvgIpc) is 3.04. The van der Waals surface area contributed by atoms with E-state index in [0.717, 1.165) is 25.2 Å². The van der Waals surface area contributed by atoms with E-state index in [1.165, 1.54) is 30.6 Å². The van der Waals surface area contributed by atoms with Crippen LogP contribution in [0.25, 0.3) is 0 Å². The third-order valence-electron chi connectivity index (χ3n) is 6.75. The highest BCUT2D eigenvalue weighted by molar-refractivity contribution is 6.00. The van der Waals surface area contributed by atoms with E-state index in [9.17, 15) is 9.59 Å². The summed E-state index contributed by atoms with van der Waals surface area (Å²) < 4.78 is 0. The molecule has 1 saturated heterocycles. The lowest BCUT2D eigenvalue weighted by Gasteiger charge is -2.29. The first kappa shape index (κ1) is 19.5. The molecule has 2 unspecified atom stereocenters. The second-order valence-corrected chi connectivity index (χ2v) is 10.1. The smallest absolute Gasteiger partial charge is 0.333 e. The number of hydrogen-bond acceptors (Lipinski definition) is 3. The minimum atomic E-state index is -0.280. The molecule has 1 N–H and O–H groups in total. The second kappa shape index (κ2) is 6.90. The van der Waals surface area contributed by atoms with Gasteiger partial charge in [-0.25, -0.2) is 14.5 Å². The molecule has 3 fully saturated rings. The normalized spacial score (nSPS) is 29.2. The fourth-order valence-corrected chi connectivity index (χ4v) is 5.53. The van der Waals surface area contributed by atoms with Gasteiger partial charge in [0.05, 0.1) is 11.2 Å². The van der Waals surface area contributed by atoms with Crippen LogP contribution in [0.2, 0.25) is 0 Å². The lowest BCUT2D eigenvalue weighted by molar-refractivity contribution is 0.168. The monoisotopic (exact) mass is 386 g/mol. The Bertz CT molecular complexity index is 720. The maximum atomic E-state index is 13.3. The Hall–Kier alpha value is -1.82. The van der Waals surface area contributed by atoms with Gasteiger partial charge in [-0.2, -0.15) is 0 Å². The van der Waals surface area contributed by atoms with Crippen molar-refractivity contribution in [3.8, 4) is 0 Å². The summed E-state index contributed by atoms with van der Waals surface area (Å²) in [7, 11) is 4.06. The second-order valence-electron chi connectivity index (χ2n) is 10.1. The number of carbonyl (C=O) groups excluding carboxylic acids is 2. The molecule has 3 aliphatic carbocycles. The van der Waals surface area contributed by atoms with E-state index in [0.29, 0.717) is 18.4 Å². The molecule has 4 rings (SSSR count). The molecule has 0 bridgehead atoms. The first-order valence-electron chi connectivity index (χ1n) is 10.7. The standard InChI is InChI=1S/C22H34N4O2/c1-21(2,15-24(3)4)14-23-19(27)26-18-11-7-10-17-12-22(17,18)25(20(26)28)13-16-8-5-6-9-16/h7,10-11,16-17H,5-6,8-9,12-15H2,1-4H3,(H,23,27). The Kier molecular flexibility index (Phi) is 4.81. The van der Waals surface area contributed by atoms with Gasteiger partial charge in [0.2, 0.25) is 0 Å². The van der Waals surface area contributed by atoms with Crippen LogP contribution in [-0.2, 0) is 0 Å². The molecule has 6 heteroatoms. The van der Waals surface area contributed by atoms with Crippen LogP contribution in [0.4, 0.5) is 9.59 Å². The van der Waals surface area contributed by atoms with E-state index in [2.05, 4.69) is 30.1 Å². The summed E-state index contributed by atoms with van der Waals surface area (Å²) in [4.78, 5) is 32.0. The van der Waals surface area contributed by atoms with Gasteiger partial charge in [0.25, 0.3) is 0 Å². The summed E-state index contributed by atoms with van der Waals surface area (Å²) in [6.07, 6.45) is 12.0. The maximum Gasteiger partial charge on any atom is 0.333 e. The van der Waals surface area contributed by atoms with E-state index in [1.807, 2.05) is 31.1 Å². The van der Waals surface area contributed by atoms with Crippen molar-refractivity contribution in [1.82, 2.24) is 20.0 Å². The summed E-state index contributed by atoms with van der Waals surface area (Å²) in [6, 6.07) is -0.412. The fourth-order valence-electron chi connectivity index (χ4n) is 5.53. The Labute approximate surface area is 168 Å². The number of carbonyl (C=O) groups is 2. The number of imide groups is 1. The molecule has 28 heavy (non-hydrogen) atoms. The quantitative estimate of drug-likeness (QED) is 0.761. The van der Waals surface area contributed by atoms with Crippen molar-refractivity contribution in [2.45, 2.75) is 51.5 Å². The number of allylic oxidation sites excluding steroid dienone is 2. The molecular weight excluding hydrogens is 352 g/mol. The van der Waals surface area contributed by atoms with Gasteiger partial charge in [-0.05, 0) is 50.8 Å². The fraction of sp³-hybridized carbons (Fsp3) is 0.727. The van der Waals surface area contributed by atoms with Gasteiger partial charge in [-0.3, -0.25) is 0 Å². The van der Waals surface area contributed by atoms with E-state index < -0.39 is 0 Å². The van der Waals surface area contributed by atoms with Crippen molar-refractivity contribution in [3.63, 3.8) is 0 Å². The predicted octanol–water partition coefficient (Wildman–Crippen LogP) is 3.42. The zero-order valence-electron chi connectivity index (χ0n) is 17.7. The molecule has 2 saturated carbocycles. The van der Waals surface area contributed by atoms with Crippen molar-refractivity contribution >= 4 is 12.1 Å². The van der Waals surface area contributed by atoms with E-state index >= 15 is 0 Å². The summed E-state index contributed by atoms with van der Waals surface area (Å²) >= 11 is 0. The molecule has 2 atom stereocenters. The van der Waals surface area contributed by atoms with Crippen molar-refractivity contribution < 1.29 is 9.59 Å². The number of nitrogens with zero attached hydrogens (tertiary/aromatic N) is 3. The Morgan fingerprint density at radius 1 is 1.32 bits per heavy atom. The molecule has 154 valence electrons. The van der Waals surface area contributed by atoms with Gasteiger partial charge in [0.15, 0.2) is 0 Å². The van der Waals surface area contributed by atoms with Gasteiger partial charge in [0.1, 0.15) is 0 Å². The van der Waals surface area contributed by atoms with E-state index in [1.54, 1.807) is 0 Å². The molecule has 0 radical (unpaired) electrons. The van der Waals surface area contributed by atoms with E-state index in [-0.39, 0.29) is 23.0 Å². The van der Waals surface area contributed by atoms with Crippen molar-refractivity contribution in [3.05, 3.63) is 23.9 Å². The van der Waals surface area contributed by atoms with Crippen molar-refractivity contribution in [1.29, 1.82) is 0 Å². The van der Waals surface area contributed by atoms with Gasteiger partial charge < -0.3 is 15.1 Å². The largest absolute Gasteiger partial charge is 0.337 e. The van der Waals surface area contributed by atoms with Crippen LogP contribution in [-0.4, -0.2) is 66.0 Å². The minimum absolute atomic E-state index is 0.0634. The van der Waals surface area contributed by atoms with Crippen LogP contribution in [0.5, 0.6) is 0 Å². The molecular formula is C22H34N4O2. The summed E-state index contributed by atoms with van der Waals surface area (Å²) in [5.41, 5.74) is 0.558. The van der Waals surface area contributed by atoms with Gasteiger partial charge >= 0.3 is 12.1 Å². The van der Waals surface area contributed by atoms with Crippen molar-refractivity contribution in [2.24, 2.45) is 17.3 Å². The topological polar surface area (TPSA) is 55.9 Å². The zero-order chi connectivity index (χ0) is 20.1. The SMILES string of the molecule is CN(C)CC(C)(C)CNC(=O)N1C(=O)N(CC2CCCC2)C23CC2C=CC=C13. The lowest BCUT2D eigenvalue weighted by Crippen LogP contribution is -2.47. The number of urea groups is 2. The molecule has 4 amide bonds. The Balaban J connectivity index is 1.50. The predicted molar refractivity (Wildman–Crippen MR) is 110 cm³/mol. The number of amides is 4. The van der Waals surface area contributed by atoms with Gasteiger partial charge in [-0.1, -0.05) is 38.8 Å². The zero-order valence-corrected chi connectivity index (χ0v) is 17.7. The molecule has 6 nitrogen and oxygen atoms in total. The Morgan fingerprint density at radius 2 is 2.04 bits per heavy atom. The summed E-state index contributed by atoms with van der Waals surface area (Å²) in [5, 5.41) is 3.03. The van der Waals surface area contributed by atoms with Crippen LogP contribution in [0.15, 0.2) is 23.9 Å². The lowest BCUT2D eigenvalue weighted by atomic mass is 9.93. The Morgan fingerprint density at radius 3 is 2.71 bits per heavy atom. The number of hydrogen-bond donors (Lipinski definition) is 1.